The molecule has 4 nitrogen and oxygen atoms in total. The molecule has 0 aliphatic rings. The Morgan fingerprint density at radius 2 is 2.00 bits per heavy atom. The summed E-state index contributed by atoms with van der Waals surface area (Å²) in [7, 11) is 0. The van der Waals surface area contributed by atoms with Gasteiger partial charge < -0.3 is 10.4 Å². The third-order valence-corrected chi connectivity index (χ3v) is 3.55. The van der Waals surface area contributed by atoms with E-state index in [0.717, 1.165) is 0 Å². The molecule has 1 aromatic carbocycles. The van der Waals surface area contributed by atoms with Crippen molar-refractivity contribution in [3.63, 3.8) is 0 Å². The first-order valence-electron chi connectivity index (χ1n) is 6.46. The zero-order valence-corrected chi connectivity index (χ0v) is 13.3. The largest absolute Gasteiger partial charge is 0.480 e. The Labute approximate surface area is 133 Å². The van der Waals surface area contributed by atoms with Gasteiger partial charge in [-0.15, -0.1) is 0 Å². The van der Waals surface area contributed by atoms with Crippen molar-refractivity contribution in [2.24, 2.45) is 5.92 Å². The molecule has 0 saturated carbocycles. The lowest BCUT2D eigenvalue weighted by atomic mass is 10.0. The molecule has 0 heterocycles. The van der Waals surface area contributed by atoms with Crippen LogP contribution in [0.3, 0.4) is 0 Å². The monoisotopic (exact) mass is 329 g/mol. The molecule has 0 unspecified atom stereocenters. The molecule has 2 N–H and O–H groups in total. The van der Waals surface area contributed by atoms with E-state index in [4.69, 9.17) is 28.3 Å². The van der Waals surface area contributed by atoms with Crippen molar-refractivity contribution in [2.45, 2.75) is 26.3 Å². The summed E-state index contributed by atoms with van der Waals surface area (Å²) in [6, 6.07) is 4.16. The number of carbonyl (C=O) groups excluding carboxylic acids is 1. The first kappa shape index (κ1) is 17.5. The Morgan fingerprint density at radius 3 is 2.57 bits per heavy atom. The van der Waals surface area contributed by atoms with Crippen LogP contribution < -0.4 is 5.32 Å². The summed E-state index contributed by atoms with van der Waals surface area (Å²) >= 11 is 11.9. The van der Waals surface area contributed by atoms with Gasteiger partial charge in [0, 0.05) is 6.08 Å². The zero-order valence-electron chi connectivity index (χ0n) is 11.8. The normalized spacial score (nSPS) is 12.6. The predicted molar refractivity (Wildman–Crippen MR) is 84.5 cm³/mol. The van der Waals surface area contributed by atoms with Crippen LogP contribution >= 0.6 is 23.2 Å². The number of benzene rings is 1. The van der Waals surface area contributed by atoms with Crippen molar-refractivity contribution in [3.8, 4) is 0 Å². The molecule has 1 rings (SSSR count). The molecule has 1 amide bonds. The summed E-state index contributed by atoms with van der Waals surface area (Å²) in [6.45, 7) is 3.79. The number of amides is 1. The Bertz CT molecular complexity index is 556. The van der Waals surface area contributed by atoms with E-state index >= 15 is 0 Å². The van der Waals surface area contributed by atoms with Crippen molar-refractivity contribution in [3.05, 3.63) is 39.9 Å². The van der Waals surface area contributed by atoms with Crippen LogP contribution in [0.5, 0.6) is 0 Å². The summed E-state index contributed by atoms with van der Waals surface area (Å²) in [5.41, 5.74) is 0.593. The fraction of sp³-hybridized carbons (Fsp3) is 0.333. The van der Waals surface area contributed by atoms with E-state index < -0.39 is 17.9 Å². The first-order valence-corrected chi connectivity index (χ1v) is 7.22. The molecule has 0 spiro atoms. The second-order valence-electron chi connectivity index (χ2n) is 5.01. The summed E-state index contributed by atoms with van der Waals surface area (Å²) in [6.07, 6.45) is 3.11. The molecule has 0 bridgehead atoms. The second kappa shape index (κ2) is 8.05. The Hall–Kier alpha value is -1.52. The van der Waals surface area contributed by atoms with E-state index in [1.54, 1.807) is 18.2 Å². The number of carboxylic acids is 1. The first-order chi connectivity index (χ1) is 9.81. The van der Waals surface area contributed by atoms with E-state index in [2.05, 4.69) is 5.32 Å². The van der Waals surface area contributed by atoms with Gasteiger partial charge in [0.15, 0.2) is 0 Å². The van der Waals surface area contributed by atoms with Crippen LogP contribution in [0.1, 0.15) is 25.8 Å². The molecule has 1 aromatic rings. The molecular formula is C15H17Cl2NO3. The van der Waals surface area contributed by atoms with E-state index in [9.17, 15) is 9.59 Å². The van der Waals surface area contributed by atoms with Gasteiger partial charge >= 0.3 is 5.97 Å². The van der Waals surface area contributed by atoms with Gasteiger partial charge in [-0.2, -0.15) is 0 Å². The zero-order chi connectivity index (χ0) is 16.0. The number of hydrogen-bond acceptors (Lipinski definition) is 2. The van der Waals surface area contributed by atoms with Gasteiger partial charge in [-0.25, -0.2) is 4.79 Å². The lowest BCUT2D eigenvalue weighted by Crippen LogP contribution is -2.40. The average Bonchev–Trinajstić information content (AvgIpc) is 2.39. The molecular weight excluding hydrogens is 313 g/mol. The highest BCUT2D eigenvalue weighted by Gasteiger charge is 2.19. The van der Waals surface area contributed by atoms with E-state index in [1.165, 1.54) is 12.2 Å². The van der Waals surface area contributed by atoms with Gasteiger partial charge in [-0.1, -0.05) is 49.2 Å². The third-order valence-electron chi connectivity index (χ3n) is 2.72. The van der Waals surface area contributed by atoms with Gasteiger partial charge in [0.25, 0.3) is 0 Å². The number of rotatable bonds is 6. The van der Waals surface area contributed by atoms with Crippen LogP contribution in [0.2, 0.25) is 10.0 Å². The van der Waals surface area contributed by atoms with Crippen LogP contribution in [0, 0.1) is 5.92 Å². The smallest absolute Gasteiger partial charge is 0.326 e. The van der Waals surface area contributed by atoms with Gasteiger partial charge in [-0.05, 0) is 30.0 Å². The van der Waals surface area contributed by atoms with Crippen LogP contribution in [0.4, 0.5) is 0 Å². The maximum absolute atomic E-state index is 11.8. The van der Waals surface area contributed by atoms with E-state index in [1.807, 2.05) is 13.8 Å². The lowest BCUT2D eigenvalue weighted by Gasteiger charge is -2.15. The number of hydrogen-bond donors (Lipinski definition) is 2. The molecule has 0 radical (unpaired) electrons. The fourth-order valence-electron chi connectivity index (χ4n) is 1.73. The summed E-state index contributed by atoms with van der Waals surface area (Å²) in [5, 5.41) is 12.2. The minimum absolute atomic E-state index is 0.165. The molecule has 0 aromatic heterocycles. The van der Waals surface area contributed by atoms with Crippen molar-refractivity contribution < 1.29 is 14.7 Å². The molecule has 0 aliphatic heterocycles. The van der Waals surface area contributed by atoms with Crippen LogP contribution in [-0.4, -0.2) is 23.0 Å². The summed E-state index contributed by atoms with van der Waals surface area (Å²) < 4.78 is 0. The van der Waals surface area contributed by atoms with E-state index in [-0.39, 0.29) is 5.92 Å². The number of carboxylic acid groups (broad SMARTS) is 1. The average molecular weight is 330 g/mol. The maximum Gasteiger partial charge on any atom is 0.326 e. The predicted octanol–water partition coefficient (Wildman–Crippen LogP) is 3.62. The second-order valence-corrected chi connectivity index (χ2v) is 5.79. The molecule has 0 aliphatic carbocycles. The number of carbonyl (C=O) groups is 2. The van der Waals surface area contributed by atoms with Crippen LogP contribution in [-0.2, 0) is 9.59 Å². The van der Waals surface area contributed by atoms with Gasteiger partial charge in [0.2, 0.25) is 5.91 Å². The van der Waals surface area contributed by atoms with Gasteiger partial charge in [0.05, 0.1) is 10.0 Å². The van der Waals surface area contributed by atoms with Gasteiger partial charge in [0.1, 0.15) is 6.04 Å². The molecule has 21 heavy (non-hydrogen) atoms. The lowest BCUT2D eigenvalue weighted by molar-refractivity contribution is -0.141. The standard InChI is InChI=1S/C15H17Cl2NO3/c1-9(2)8-12(15(20)21)18-13(19)7-6-10-4-3-5-11(16)14(10)17/h3-7,9,12H,8H2,1-2H3,(H,18,19)(H,20,21)/b7-6+/t12-/m0/s1. The molecule has 1 atom stereocenters. The third kappa shape index (κ3) is 5.78. The maximum atomic E-state index is 11.8. The SMILES string of the molecule is CC(C)C[C@H](NC(=O)/C=C/c1cccc(Cl)c1Cl)C(=O)O. The fourth-order valence-corrected chi connectivity index (χ4v) is 2.10. The van der Waals surface area contributed by atoms with Crippen LogP contribution in [0.15, 0.2) is 24.3 Å². The van der Waals surface area contributed by atoms with E-state index in [0.29, 0.717) is 22.0 Å². The molecule has 0 saturated heterocycles. The Balaban J connectivity index is 2.73. The van der Waals surface area contributed by atoms with Crippen molar-refractivity contribution in [1.82, 2.24) is 5.32 Å². The van der Waals surface area contributed by atoms with Crippen molar-refractivity contribution >= 4 is 41.2 Å². The van der Waals surface area contributed by atoms with Gasteiger partial charge in [-0.3, -0.25) is 4.79 Å². The Morgan fingerprint density at radius 1 is 1.33 bits per heavy atom. The highest BCUT2D eigenvalue weighted by molar-refractivity contribution is 6.42. The van der Waals surface area contributed by atoms with Crippen molar-refractivity contribution in [1.29, 1.82) is 0 Å². The summed E-state index contributed by atoms with van der Waals surface area (Å²) in [4.78, 5) is 22.8. The Kier molecular flexibility index (Phi) is 6.72. The quantitative estimate of drug-likeness (QED) is 0.783. The van der Waals surface area contributed by atoms with Crippen molar-refractivity contribution in [2.75, 3.05) is 0 Å². The number of aliphatic carboxylic acids is 1. The molecule has 6 heteroatoms. The number of nitrogens with one attached hydrogen (secondary N) is 1. The minimum Gasteiger partial charge on any atom is -0.480 e. The summed E-state index contributed by atoms with van der Waals surface area (Å²) in [5.74, 6) is -1.37. The topological polar surface area (TPSA) is 66.4 Å². The highest BCUT2D eigenvalue weighted by Crippen LogP contribution is 2.26. The van der Waals surface area contributed by atoms with Crippen LogP contribution in [0.25, 0.3) is 6.08 Å². The molecule has 114 valence electrons. The molecule has 0 fully saturated rings. The highest BCUT2D eigenvalue weighted by atomic mass is 35.5. The number of halogens is 2. The minimum atomic E-state index is -1.05.